The summed E-state index contributed by atoms with van der Waals surface area (Å²) in [6.45, 7) is 4.66. The Morgan fingerprint density at radius 2 is 2.37 bits per heavy atom. The predicted octanol–water partition coefficient (Wildman–Crippen LogP) is 1.79. The molecule has 1 heterocycles. The number of amides is 1. The number of hydrogen-bond donors (Lipinski definition) is 1. The highest BCUT2D eigenvalue weighted by molar-refractivity contribution is 5.94. The lowest BCUT2D eigenvalue weighted by Crippen LogP contribution is -2.37. The van der Waals surface area contributed by atoms with Crippen molar-refractivity contribution in [3.05, 3.63) is 35.4 Å². The van der Waals surface area contributed by atoms with Crippen LogP contribution in [0.25, 0.3) is 0 Å². The lowest BCUT2D eigenvalue weighted by molar-refractivity contribution is 0.0539. The summed E-state index contributed by atoms with van der Waals surface area (Å²) in [6.07, 6.45) is 2.34. The molecule has 1 fully saturated rings. The fourth-order valence-electron chi connectivity index (χ4n) is 2.40. The minimum Gasteiger partial charge on any atom is -0.376 e. The average Bonchev–Trinajstić information content (AvgIpc) is 2.97. The summed E-state index contributed by atoms with van der Waals surface area (Å²) in [5.41, 5.74) is 7.31. The first kappa shape index (κ1) is 14.0. The van der Waals surface area contributed by atoms with E-state index in [9.17, 15) is 4.79 Å². The summed E-state index contributed by atoms with van der Waals surface area (Å²) >= 11 is 0. The van der Waals surface area contributed by atoms with Crippen molar-refractivity contribution >= 4 is 5.91 Å². The summed E-state index contributed by atoms with van der Waals surface area (Å²) in [5, 5.41) is 0. The zero-order chi connectivity index (χ0) is 13.7. The first-order chi connectivity index (χ1) is 9.24. The summed E-state index contributed by atoms with van der Waals surface area (Å²) in [7, 11) is 0. The van der Waals surface area contributed by atoms with Crippen molar-refractivity contribution in [2.45, 2.75) is 32.4 Å². The number of carbonyl (C=O) groups is 1. The molecule has 4 heteroatoms. The van der Waals surface area contributed by atoms with Gasteiger partial charge < -0.3 is 15.4 Å². The first-order valence-corrected chi connectivity index (χ1v) is 6.94. The van der Waals surface area contributed by atoms with Crippen molar-refractivity contribution in [3.63, 3.8) is 0 Å². The van der Waals surface area contributed by atoms with Crippen LogP contribution in [-0.2, 0) is 11.3 Å². The third kappa shape index (κ3) is 3.55. The molecule has 0 bridgehead atoms. The van der Waals surface area contributed by atoms with Crippen molar-refractivity contribution in [2.24, 2.45) is 5.73 Å². The number of likely N-dealkylation sites (N-methyl/N-ethyl adjacent to an activating group) is 1. The van der Waals surface area contributed by atoms with Gasteiger partial charge in [0.05, 0.1) is 6.10 Å². The van der Waals surface area contributed by atoms with Crippen LogP contribution in [-0.4, -0.2) is 36.6 Å². The molecule has 19 heavy (non-hydrogen) atoms. The van der Waals surface area contributed by atoms with E-state index < -0.39 is 0 Å². The number of nitrogens with zero attached hydrogens (tertiary/aromatic N) is 1. The Morgan fingerprint density at radius 1 is 1.53 bits per heavy atom. The Bertz CT molecular complexity index is 428. The van der Waals surface area contributed by atoms with Crippen LogP contribution in [0.2, 0.25) is 0 Å². The van der Waals surface area contributed by atoms with E-state index in [2.05, 4.69) is 0 Å². The van der Waals surface area contributed by atoms with Gasteiger partial charge in [0.2, 0.25) is 0 Å². The Morgan fingerprint density at radius 3 is 3.00 bits per heavy atom. The van der Waals surface area contributed by atoms with E-state index >= 15 is 0 Å². The molecule has 0 aromatic heterocycles. The van der Waals surface area contributed by atoms with E-state index in [4.69, 9.17) is 10.5 Å². The standard InChI is InChI=1S/C15H22N2O2/c1-2-17(11-14-7-4-8-19-14)15(18)13-6-3-5-12(9-13)10-16/h3,5-6,9,14H,2,4,7-8,10-11,16H2,1H3. The van der Waals surface area contributed by atoms with E-state index in [0.29, 0.717) is 25.2 Å². The van der Waals surface area contributed by atoms with Gasteiger partial charge in [0.1, 0.15) is 0 Å². The van der Waals surface area contributed by atoms with Crippen LogP contribution in [0.1, 0.15) is 35.7 Å². The highest BCUT2D eigenvalue weighted by atomic mass is 16.5. The van der Waals surface area contributed by atoms with E-state index in [0.717, 1.165) is 25.0 Å². The van der Waals surface area contributed by atoms with Gasteiger partial charge in [-0.3, -0.25) is 4.79 Å². The largest absolute Gasteiger partial charge is 0.376 e. The molecule has 0 radical (unpaired) electrons. The van der Waals surface area contributed by atoms with E-state index in [1.165, 1.54) is 0 Å². The fraction of sp³-hybridized carbons (Fsp3) is 0.533. The molecule has 1 aliphatic rings. The molecular formula is C15H22N2O2. The molecule has 1 unspecified atom stereocenters. The van der Waals surface area contributed by atoms with Gasteiger partial charge >= 0.3 is 0 Å². The predicted molar refractivity (Wildman–Crippen MR) is 74.9 cm³/mol. The maximum absolute atomic E-state index is 12.5. The number of nitrogens with two attached hydrogens (primary N) is 1. The minimum absolute atomic E-state index is 0.0632. The molecule has 104 valence electrons. The van der Waals surface area contributed by atoms with Crippen LogP contribution in [0.4, 0.5) is 0 Å². The monoisotopic (exact) mass is 262 g/mol. The van der Waals surface area contributed by atoms with Crippen molar-refractivity contribution in [1.29, 1.82) is 0 Å². The second kappa shape index (κ2) is 6.68. The van der Waals surface area contributed by atoms with Gasteiger partial charge in [0.25, 0.3) is 5.91 Å². The van der Waals surface area contributed by atoms with Crippen molar-refractivity contribution in [3.8, 4) is 0 Å². The summed E-state index contributed by atoms with van der Waals surface area (Å²) in [6, 6.07) is 7.54. The van der Waals surface area contributed by atoms with Crippen LogP contribution < -0.4 is 5.73 Å². The highest BCUT2D eigenvalue weighted by Gasteiger charge is 2.22. The quantitative estimate of drug-likeness (QED) is 0.880. The number of carbonyl (C=O) groups excluding carboxylic acids is 1. The first-order valence-electron chi connectivity index (χ1n) is 6.94. The highest BCUT2D eigenvalue weighted by Crippen LogP contribution is 2.15. The van der Waals surface area contributed by atoms with Crippen molar-refractivity contribution < 1.29 is 9.53 Å². The van der Waals surface area contributed by atoms with Crippen molar-refractivity contribution in [2.75, 3.05) is 19.7 Å². The van der Waals surface area contributed by atoms with Crippen LogP contribution in [0.5, 0.6) is 0 Å². The molecule has 1 amide bonds. The molecule has 1 atom stereocenters. The molecule has 2 rings (SSSR count). The Kier molecular flexibility index (Phi) is 4.93. The van der Waals surface area contributed by atoms with Gasteiger partial charge in [-0.05, 0) is 37.5 Å². The molecule has 1 aromatic carbocycles. The van der Waals surface area contributed by atoms with Gasteiger partial charge in [-0.25, -0.2) is 0 Å². The Balaban J connectivity index is 2.06. The van der Waals surface area contributed by atoms with Crippen LogP contribution in [0.3, 0.4) is 0 Å². The Hall–Kier alpha value is -1.39. The maximum Gasteiger partial charge on any atom is 0.253 e. The zero-order valence-corrected chi connectivity index (χ0v) is 11.5. The zero-order valence-electron chi connectivity index (χ0n) is 11.5. The molecule has 1 aliphatic heterocycles. The molecule has 4 nitrogen and oxygen atoms in total. The second-order valence-electron chi connectivity index (χ2n) is 4.88. The summed E-state index contributed by atoms with van der Waals surface area (Å²) < 4.78 is 5.60. The summed E-state index contributed by atoms with van der Waals surface area (Å²) in [4.78, 5) is 14.3. The van der Waals surface area contributed by atoms with Crippen LogP contribution in [0.15, 0.2) is 24.3 Å². The third-order valence-electron chi connectivity index (χ3n) is 3.53. The number of hydrogen-bond acceptors (Lipinski definition) is 3. The Labute approximate surface area is 114 Å². The third-order valence-corrected chi connectivity index (χ3v) is 3.53. The smallest absolute Gasteiger partial charge is 0.253 e. The molecular weight excluding hydrogens is 240 g/mol. The second-order valence-corrected chi connectivity index (χ2v) is 4.88. The summed E-state index contributed by atoms with van der Waals surface area (Å²) in [5.74, 6) is 0.0632. The number of rotatable bonds is 5. The van der Waals surface area contributed by atoms with Crippen LogP contribution >= 0.6 is 0 Å². The normalized spacial score (nSPS) is 18.5. The molecule has 0 saturated carbocycles. The van der Waals surface area contributed by atoms with Crippen LogP contribution in [0, 0.1) is 0 Å². The fourth-order valence-corrected chi connectivity index (χ4v) is 2.40. The van der Waals surface area contributed by atoms with Gasteiger partial charge in [-0.15, -0.1) is 0 Å². The minimum atomic E-state index is 0.0632. The van der Waals surface area contributed by atoms with E-state index in [-0.39, 0.29) is 12.0 Å². The lowest BCUT2D eigenvalue weighted by Gasteiger charge is -2.24. The molecule has 1 aromatic rings. The van der Waals surface area contributed by atoms with Gasteiger partial charge in [-0.2, -0.15) is 0 Å². The maximum atomic E-state index is 12.5. The van der Waals surface area contributed by atoms with Crippen molar-refractivity contribution in [1.82, 2.24) is 4.90 Å². The van der Waals surface area contributed by atoms with E-state index in [1.54, 1.807) is 0 Å². The molecule has 1 saturated heterocycles. The van der Waals surface area contributed by atoms with Gasteiger partial charge in [0.15, 0.2) is 0 Å². The number of benzene rings is 1. The number of ether oxygens (including phenoxy) is 1. The lowest BCUT2D eigenvalue weighted by atomic mass is 10.1. The van der Waals surface area contributed by atoms with Gasteiger partial charge in [-0.1, -0.05) is 12.1 Å². The van der Waals surface area contributed by atoms with E-state index in [1.807, 2.05) is 36.1 Å². The SMILES string of the molecule is CCN(CC1CCCO1)C(=O)c1cccc(CN)c1. The molecule has 0 aliphatic carbocycles. The van der Waals surface area contributed by atoms with Gasteiger partial charge in [0, 0.05) is 31.8 Å². The molecule has 2 N–H and O–H groups in total. The topological polar surface area (TPSA) is 55.6 Å². The molecule has 0 spiro atoms. The average molecular weight is 262 g/mol.